The summed E-state index contributed by atoms with van der Waals surface area (Å²) in [6, 6.07) is 8.71. The van der Waals surface area contributed by atoms with E-state index in [-0.39, 0.29) is 36.3 Å². The fourth-order valence-corrected chi connectivity index (χ4v) is 5.50. The third kappa shape index (κ3) is 3.90. The summed E-state index contributed by atoms with van der Waals surface area (Å²) in [6.45, 7) is 8.18. The van der Waals surface area contributed by atoms with E-state index in [0.717, 1.165) is 68.1 Å². The number of morpholine rings is 1. The zero-order valence-corrected chi connectivity index (χ0v) is 18.7. The average molecular weight is 440 g/mol. The molecule has 2 saturated heterocycles. The van der Waals surface area contributed by atoms with Crippen molar-refractivity contribution in [2.75, 3.05) is 32.8 Å². The molecule has 2 fully saturated rings. The number of esters is 1. The van der Waals surface area contributed by atoms with Gasteiger partial charge in [0.15, 0.2) is 0 Å². The molecular weight excluding hydrogens is 409 g/mol. The van der Waals surface area contributed by atoms with E-state index in [4.69, 9.17) is 14.2 Å². The second kappa shape index (κ2) is 8.83. The van der Waals surface area contributed by atoms with Crippen molar-refractivity contribution < 1.29 is 23.4 Å². The number of halogens is 1. The van der Waals surface area contributed by atoms with Gasteiger partial charge >= 0.3 is 5.97 Å². The van der Waals surface area contributed by atoms with Crippen LogP contribution in [0.2, 0.25) is 0 Å². The molecule has 3 atom stereocenters. The Kier molecular flexibility index (Phi) is 5.91. The number of hydrogen-bond acceptors (Lipinski definition) is 5. The number of ether oxygens (including phenoxy) is 3. The Labute approximate surface area is 188 Å². The second-order valence-corrected chi connectivity index (χ2v) is 9.17. The van der Waals surface area contributed by atoms with E-state index in [9.17, 15) is 9.18 Å². The first-order valence-corrected chi connectivity index (χ1v) is 11.5. The lowest BCUT2D eigenvalue weighted by molar-refractivity contribution is -0.145. The Morgan fingerprint density at radius 1 is 1.19 bits per heavy atom. The monoisotopic (exact) mass is 439 g/mol. The second-order valence-electron chi connectivity index (χ2n) is 9.17. The van der Waals surface area contributed by atoms with Crippen LogP contribution >= 0.6 is 0 Å². The van der Waals surface area contributed by atoms with Gasteiger partial charge in [-0.3, -0.25) is 9.69 Å². The van der Waals surface area contributed by atoms with E-state index in [2.05, 4.69) is 11.8 Å². The van der Waals surface area contributed by atoms with E-state index in [1.807, 2.05) is 19.1 Å². The summed E-state index contributed by atoms with van der Waals surface area (Å²) in [5, 5.41) is 0. The first-order chi connectivity index (χ1) is 15.5. The van der Waals surface area contributed by atoms with E-state index in [0.29, 0.717) is 5.56 Å². The molecule has 0 N–H and O–H groups in total. The lowest BCUT2D eigenvalue weighted by Gasteiger charge is -2.34. The highest BCUT2D eigenvalue weighted by Crippen LogP contribution is 2.50. The number of aryl methyl sites for hydroxylation is 1. The molecule has 0 amide bonds. The Morgan fingerprint density at radius 2 is 1.97 bits per heavy atom. The van der Waals surface area contributed by atoms with E-state index < -0.39 is 0 Å². The lowest BCUT2D eigenvalue weighted by atomic mass is 9.74. The summed E-state index contributed by atoms with van der Waals surface area (Å²) < 4.78 is 31.6. The fourth-order valence-electron chi connectivity index (χ4n) is 5.50. The van der Waals surface area contributed by atoms with Gasteiger partial charge in [0, 0.05) is 36.7 Å². The van der Waals surface area contributed by atoms with Crippen molar-refractivity contribution in [3.05, 3.63) is 64.0 Å². The third-order valence-electron chi connectivity index (χ3n) is 7.29. The molecular formula is C26H30FNO4. The number of carbonyl (C=O) groups is 1. The predicted molar refractivity (Wildman–Crippen MR) is 118 cm³/mol. The van der Waals surface area contributed by atoms with Crippen molar-refractivity contribution in [1.82, 2.24) is 4.90 Å². The van der Waals surface area contributed by atoms with Gasteiger partial charge in [-0.05, 0) is 55.5 Å². The van der Waals surface area contributed by atoms with Crippen molar-refractivity contribution >= 4 is 5.97 Å². The highest BCUT2D eigenvalue weighted by Gasteiger charge is 2.49. The minimum absolute atomic E-state index is 0.0888. The third-order valence-corrected chi connectivity index (χ3v) is 7.29. The van der Waals surface area contributed by atoms with Gasteiger partial charge in [-0.25, -0.2) is 4.39 Å². The van der Waals surface area contributed by atoms with Crippen molar-refractivity contribution in [3.8, 4) is 5.75 Å². The summed E-state index contributed by atoms with van der Waals surface area (Å²) in [5.74, 6) is 0.453. The maximum atomic E-state index is 14.1. The minimum atomic E-state index is -0.268. The standard InChI is InChI=1S/C26H30FNO4/c1-16-13-23(31-15-18-5-3-4-6-22(18)27)17(2)24-19(16)7-8-20-21(26(29)32-25(20)24)14-28-9-11-30-12-10-28/h3-6,13,20-21,25H,7-12,14-15H2,1-2H3/t20?,21?,25-/m1/s1. The molecule has 1 aliphatic carbocycles. The summed E-state index contributed by atoms with van der Waals surface area (Å²) in [6.07, 6.45) is 1.66. The Bertz CT molecular complexity index is 1020. The smallest absolute Gasteiger partial charge is 0.311 e. The van der Waals surface area contributed by atoms with Crippen molar-refractivity contribution in [1.29, 1.82) is 0 Å². The summed E-state index contributed by atoms with van der Waals surface area (Å²) in [4.78, 5) is 15.2. The highest BCUT2D eigenvalue weighted by atomic mass is 19.1. The van der Waals surface area contributed by atoms with Crippen LogP contribution in [0.25, 0.3) is 0 Å². The molecule has 2 heterocycles. The quantitative estimate of drug-likeness (QED) is 0.656. The van der Waals surface area contributed by atoms with Crippen molar-refractivity contribution in [2.45, 2.75) is 39.4 Å². The first kappa shape index (κ1) is 21.4. The molecule has 2 aromatic rings. The molecule has 0 saturated carbocycles. The maximum Gasteiger partial charge on any atom is 0.311 e. The van der Waals surface area contributed by atoms with Crippen LogP contribution in [-0.4, -0.2) is 43.7 Å². The van der Waals surface area contributed by atoms with Crippen LogP contribution in [0.1, 0.15) is 40.3 Å². The molecule has 2 aromatic carbocycles. The largest absolute Gasteiger partial charge is 0.489 e. The lowest BCUT2D eigenvalue weighted by Crippen LogP contribution is -2.42. The summed E-state index contributed by atoms with van der Waals surface area (Å²) in [7, 11) is 0. The van der Waals surface area contributed by atoms with Crippen LogP contribution in [0.3, 0.4) is 0 Å². The van der Waals surface area contributed by atoms with E-state index >= 15 is 0 Å². The minimum Gasteiger partial charge on any atom is -0.489 e. The average Bonchev–Trinajstić information content (AvgIpc) is 3.11. The van der Waals surface area contributed by atoms with Gasteiger partial charge in [0.05, 0.1) is 19.1 Å². The van der Waals surface area contributed by atoms with Crippen LogP contribution < -0.4 is 4.74 Å². The maximum absolute atomic E-state index is 14.1. The Morgan fingerprint density at radius 3 is 2.75 bits per heavy atom. The van der Waals surface area contributed by atoms with Crippen molar-refractivity contribution in [3.63, 3.8) is 0 Å². The number of benzene rings is 2. The van der Waals surface area contributed by atoms with Gasteiger partial charge in [0.1, 0.15) is 24.3 Å². The molecule has 5 nitrogen and oxygen atoms in total. The summed E-state index contributed by atoms with van der Waals surface area (Å²) >= 11 is 0. The van der Waals surface area contributed by atoms with Crippen LogP contribution in [0.15, 0.2) is 30.3 Å². The highest BCUT2D eigenvalue weighted by molar-refractivity contribution is 5.76. The molecule has 170 valence electrons. The SMILES string of the molecule is Cc1cc(OCc2ccccc2F)c(C)c2c1CCC1C(CN3CCOCC3)C(=O)O[C@@H]21. The Balaban J connectivity index is 1.40. The van der Waals surface area contributed by atoms with E-state index in [1.54, 1.807) is 12.1 Å². The molecule has 2 aliphatic heterocycles. The van der Waals surface area contributed by atoms with Crippen LogP contribution in [-0.2, 0) is 27.3 Å². The van der Waals surface area contributed by atoms with Crippen molar-refractivity contribution in [2.24, 2.45) is 11.8 Å². The summed E-state index contributed by atoms with van der Waals surface area (Å²) in [5.41, 5.74) is 5.03. The molecule has 0 aromatic heterocycles. The molecule has 0 radical (unpaired) electrons. The number of hydrogen-bond donors (Lipinski definition) is 0. The topological polar surface area (TPSA) is 48.0 Å². The van der Waals surface area contributed by atoms with Gasteiger partial charge in [-0.1, -0.05) is 18.2 Å². The molecule has 32 heavy (non-hydrogen) atoms. The number of fused-ring (bicyclic) bond motifs is 3. The molecule has 2 unspecified atom stereocenters. The Hall–Kier alpha value is -2.44. The zero-order valence-electron chi connectivity index (χ0n) is 18.7. The molecule has 0 spiro atoms. The first-order valence-electron chi connectivity index (χ1n) is 11.5. The number of nitrogens with zero attached hydrogens (tertiary/aromatic N) is 1. The van der Waals surface area contributed by atoms with E-state index in [1.165, 1.54) is 11.6 Å². The van der Waals surface area contributed by atoms with Gasteiger partial charge < -0.3 is 14.2 Å². The number of rotatable bonds is 5. The molecule has 5 rings (SSSR count). The zero-order chi connectivity index (χ0) is 22.2. The van der Waals surface area contributed by atoms with Crippen LogP contribution in [0.5, 0.6) is 5.75 Å². The van der Waals surface area contributed by atoms with Gasteiger partial charge in [0.25, 0.3) is 0 Å². The van der Waals surface area contributed by atoms with Crippen LogP contribution in [0, 0.1) is 31.5 Å². The number of carbonyl (C=O) groups excluding carboxylic acids is 1. The fraction of sp³-hybridized carbons (Fsp3) is 0.500. The van der Waals surface area contributed by atoms with Crippen LogP contribution in [0.4, 0.5) is 4.39 Å². The van der Waals surface area contributed by atoms with Gasteiger partial charge in [-0.2, -0.15) is 0 Å². The molecule has 0 bridgehead atoms. The van der Waals surface area contributed by atoms with Gasteiger partial charge in [0.2, 0.25) is 0 Å². The molecule has 6 heteroatoms. The predicted octanol–water partition coefficient (Wildman–Crippen LogP) is 4.13. The normalized spacial score (nSPS) is 25.2. The molecule has 3 aliphatic rings. The van der Waals surface area contributed by atoms with Gasteiger partial charge in [-0.15, -0.1) is 0 Å².